The molecule has 2 rings (SSSR count). The van der Waals surface area contributed by atoms with E-state index < -0.39 is 0 Å². The molecule has 0 spiro atoms. The minimum atomic E-state index is 0.0145. The van der Waals surface area contributed by atoms with Crippen LogP contribution in [0, 0.1) is 0 Å². The summed E-state index contributed by atoms with van der Waals surface area (Å²) in [7, 11) is 0. The van der Waals surface area contributed by atoms with E-state index in [2.05, 4.69) is 31.9 Å². The Morgan fingerprint density at radius 2 is 2.05 bits per heavy atom. The normalized spacial score (nSPS) is 27.5. The molecule has 0 aliphatic carbocycles. The van der Waals surface area contributed by atoms with Crippen LogP contribution >= 0.6 is 43.2 Å². The highest BCUT2D eigenvalue weighted by molar-refractivity contribution is 9.12. The smallest absolute Gasteiger partial charge is 0.190 e. The van der Waals surface area contributed by atoms with Crippen molar-refractivity contribution in [1.29, 1.82) is 0 Å². The van der Waals surface area contributed by atoms with Gasteiger partial charge in [0.1, 0.15) is 6.61 Å². The Morgan fingerprint density at radius 1 is 1.42 bits per heavy atom. The second-order valence-electron chi connectivity index (χ2n) is 4.82. The van der Waals surface area contributed by atoms with Gasteiger partial charge < -0.3 is 9.47 Å². The maximum Gasteiger partial charge on any atom is 0.190 e. The zero-order valence-electron chi connectivity index (χ0n) is 10.8. The van der Waals surface area contributed by atoms with Crippen LogP contribution in [0.25, 0.3) is 0 Å². The van der Waals surface area contributed by atoms with Gasteiger partial charge in [0.15, 0.2) is 5.78 Å². The SMILES string of the molecule is CC1CC(OCC(=O)c2cc(Br)sc2Br)CC(C)O1. The fraction of sp³-hybridized carbons (Fsp3) is 0.615. The molecule has 2 unspecified atom stereocenters. The van der Waals surface area contributed by atoms with Crippen LogP contribution in [0.5, 0.6) is 0 Å². The molecule has 6 heteroatoms. The van der Waals surface area contributed by atoms with E-state index >= 15 is 0 Å². The first kappa shape index (κ1) is 15.6. The van der Waals surface area contributed by atoms with E-state index in [1.807, 2.05) is 19.9 Å². The van der Waals surface area contributed by atoms with E-state index in [9.17, 15) is 4.79 Å². The molecule has 1 aromatic rings. The van der Waals surface area contributed by atoms with Crippen LogP contribution in [0.2, 0.25) is 0 Å². The summed E-state index contributed by atoms with van der Waals surface area (Å²) >= 11 is 8.27. The molecule has 3 nitrogen and oxygen atoms in total. The fourth-order valence-electron chi connectivity index (χ4n) is 2.28. The van der Waals surface area contributed by atoms with Crippen LogP contribution in [0.1, 0.15) is 37.0 Å². The maximum absolute atomic E-state index is 12.1. The van der Waals surface area contributed by atoms with Crippen molar-refractivity contribution in [3.63, 3.8) is 0 Å². The summed E-state index contributed by atoms with van der Waals surface area (Å²) in [5.74, 6) is 0.0145. The second kappa shape index (κ2) is 6.80. The number of carbonyl (C=O) groups is 1. The average molecular weight is 412 g/mol. The highest BCUT2D eigenvalue weighted by Crippen LogP contribution is 2.32. The summed E-state index contributed by atoms with van der Waals surface area (Å²) in [5, 5.41) is 0. The predicted molar refractivity (Wildman–Crippen MR) is 83.0 cm³/mol. The lowest BCUT2D eigenvalue weighted by Crippen LogP contribution is -2.35. The van der Waals surface area contributed by atoms with Crippen molar-refractivity contribution in [3.05, 3.63) is 19.2 Å². The van der Waals surface area contributed by atoms with E-state index in [4.69, 9.17) is 9.47 Å². The van der Waals surface area contributed by atoms with Crippen molar-refractivity contribution >= 4 is 49.0 Å². The van der Waals surface area contributed by atoms with Gasteiger partial charge in [0.25, 0.3) is 0 Å². The van der Waals surface area contributed by atoms with E-state index in [1.54, 1.807) is 0 Å². The van der Waals surface area contributed by atoms with E-state index in [0.29, 0.717) is 5.56 Å². The van der Waals surface area contributed by atoms with E-state index in [-0.39, 0.29) is 30.7 Å². The molecule has 0 N–H and O–H groups in total. The van der Waals surface area contributed by atoms with Crippen LogP contribution in [0.3, 0.4) is 0 Å². The topological polar surface area (TPSA) is 35.5 Å². The summed E-state index contributed by atoms with van der Waals surface area (Å²) < 4.78 is 13.2. The zero-order chi connectivity index (χ0) is 14.0. The van der Waals surface area contributed by atoms with Gasteiger partial charge in [-0.1, -0.05) is 0 Å². The summed E-state index contributed by atoms with van der Waals surface area (Å²) in [4.78, 5) is 12.1. The Labute approximate surface area is 133 Å². The van der Waals surface area contributed by atoms with Crippen molar-refractivity contribution in [3.8, 4) is 0 Å². The van der Waals surface area contributed by atoms with Crippen molar-refractivity contribution in [2.45, 2.75) is 45.0 Å². The lowest BCUT2D eigenvalue weighted by molar-refractivity contribution is -0.0975. The van der Waals surface area contributed by atoms with Crippen LogP contribution in [-0.2, 0) is 9.47 Å². The average Bonchev–Trinajstić information content (AvgIpc) is 2.64. The molecule has 19 heavy (non-hydrogen) atoms. The molecule has 1 fully saturated rings. The first-order valence-corrected chi connectivity index (χ1v) is 8.61. The fourth-order valence-corrected chi connectivity index (χ4v) is 5.14. The van der Waals surface area contributed by atoms with Crippen molar-refractivity contribution < 1.29 is 14.3 Å². The number of carbonyl (C=O) groups excluding carboxylic acids is 1. The van der Waals surface area contributed by atoms with E-state index in [0.717, 1.165) is 20.4 Å². The lowest BCUT2D eigenvalue weighted by Gasteiger charge is -2.31. The van der Waals surface area contributed by atoms with Crippen molar-refractivity contribution in [2.75, 3.05) is 6.61 Å². The Morgan fingerprint density at radius 3 is 2.58 bits per heavy atom. The van der Waals surface area contributed by atoms with Gasteiger partial charge in [-0.25, -0.2) is 0 Å². The molecule has 2 atom stereocenters. The molecular formula is C13H16Br2O3S. The Bertz CT molecular complexity index is 451. The van der Waals surface area contributed by atoms with Crippen molar-refractivity contribution in [2.24, 2.45) is 0 Å². The third kappa shape index (κ3) is 4.36. The summed E-state index contributed by atoms with van der Waals surface area (Å²) in [6.07, 6.45) is 2.22. The van der Waals surface area contributed by atoms with Crippen LogP contribution in [-0.4, -0.2) is 30.7 Å². The van der Waals surface area contributed by atoms with Gasteiger partial charge >= 0.3 is 0 Å². The Kier molecular flexibility index (Phi) is 5.60. The molecule has 0 amide bonds. The number of thiophene rings is 1. The van der Waals surface area contributed by atoms with Crippen LogP contribution < -0.4 is 0 Å². The first-order valence-electron chi connectivity index (χ1n) is 6.20. The third-order valence-electron chi connectivity index (χ3n) is 3.06. The summed E-state index contributed by atoms with van der Waals surface area (Å²) in [6.45, 7) is 4.21. The molecule has 0 bridgehead atoms. The number of hydrogen-bond donors (Lipinski definition) is 0. The molecule has 106 valence electrons. The van der Waals surface area contributed by atoms with Crippen molar-refractivity contribution in [1.82, 2.24) is 0 Å². The molecular weight excluding hydrogens is 396 g/mol. The van der Waals surface area contributed by atoms with Gasteiger partial charge in [-0.05, 0) is 64.6 Å². The molecule has 1 aliphatic rings. The molecule has 1 saturated heterocycles. The number of halogens is 2. The highest BCUT2D eigenvalue weighted by atomic mass is 79.9. The Hall–Kier alpha value is 0.250. The largest absolute Gasteiger partial charge is 0.375 e. The monoisotopic (exact) mass is 410 g/mol. The van der Waals surface area contributed by atoms with Gasteiger partial charge in [0.2, 0.25) is 0 Å². The number of rotatable bonds is 4. The highest BCUT2D eigenvalue weighted by Gasteiger charge is 2.26. The number of ketones is 1. The quantitative estimate of drug-likeness (QED) is 0.687. The van der Waals surface area contributed by atoms with Gasteiger partial charge in [-0.2, -0.15) is 0 Å². The van der Waals surface area contributed by atoms with E-state index in [1.165, 1.54) is 11.3 Å². The van der Waals surface area contributed by atoms with Gasteiger partial charge in [-0.15, -0.1) is 11.3 Å². The maximum atomic E-state index is 12.1. The summed E-state index contributed by atoms with van der Waals surface area (Å²) in [5.41, 5.74) is 0.685. The summed E-state index contributed by atoms with van der Waals surface area (Å²) in [6, 6.07) is 1.83. The van der Waals surface area contributed by atoms with Gasteiger partial charge in [0, 0.05) is 5.56 Å². The third-order valence-corrected chi connectivity index (χ3v) is 5.40. The zero-order valence-corrected chi connectivity index (χ0v) is 14.8. The molecule has 0 radical (unpaired) electrons. The standard InChI is InChI=1S/C13H16Br2O3S/c1-7-3-9(4-8(2)18-7)17-6-11(16)10-5-12(14)19-13(10)15/h5,7-9H,3-4,6H2,1-2H3. The molecule has 0 aromatic carbocycles. The molecule has 1 aliphatic heterocycles. The van der Waals surface area contributed by atoms with Gasteiger partial charge in [0.05, 0.1) is 25.9 Å². The second-order valence-corrected chi connectivity index (χ2v) is 8.57. The number of ether oxygens (including phenoxy) is 2. The molecule has 2 heterocycles. The molecule has 1 aromatic heterocycles. The predicted octanol–water partition coefficient (Wildman–Crippen LogP) is 4.43. The van der Waals surface area contributed by atoms with Crippen LogP contribution in [0.15, 0.2) is 13.6 Å². The van der Waals surface area contributed by atoms with Gasteiger partial charge in [-0.3, -0.25) is 4.79 Å². The minimum absolute atomic E-state index is 0.0145. The number of hydrogen-bond acceptors (Lipinski definition) is 4. The first-order chi connectivity index (χ1) is 8.95. The Balaban J connectivity index is 1.88. The van der Waals surface area contributed by atoms with Crippen LogP contribution in [0.4, 0.5) is 0 Å². The lowest BCUT2D eigenvalue weighted by atomic mass is 10.0. The minimum Gasteiger partial charge on any atom is -0.375 e. The number of Topliss-reactive ketones (excluding diaryl/α,β-unsaturated/α-hetero) is 1. The molecule has 0 saturated carbocycles.